The van der Waals surface area contributed by atoms with Crippen molar-refractivity contribution < 1.29 is 9.53 Å². The van der Waals surface area contributed by atoms with Gasteiger partial charge in [0.05, 0.1) is 6.61 Å². The maximum Gasteiger partial charge on any atom is 0.326 e. The maximum atomic E-state index is 11.4. The van der Waals surface area contributed by atoms with E-state index in [1.54, 1.807) is 0 Å². The van der Waals surface area contributed by atoms with E-state index >= 15 is 0 Å². The Bertz CT molecular complexity index is 173. The second-order valence-corrected chi connectivity index (χ2v) is 3.60. The van der Waals surface area contributed by atoms with Gasteiger partial charge in [0.15, 0.2) is 0 Å². The van der Waals surface area contributed by atoms with Gasteiger partial charge in [0.2, 0.25) is 0 Å². The largest absolute Gasteiger partial charge is 0.465 e. The van der Waals surface area contributed by atoms with Crippen molar-refractivity contribution in [1.29, 1.82) is 0 Å². The van der Waals surface area contributed by atoms with Gasteiger partial charge in [0, 0.05) is 6.04 Å². The summed E-state index contributed by atoms with van der Waals surface area (Å²) in [6, 6.07) is 0.344. The van der Waals surface area contributed by atoms with Crippen LogP contribution >= 0.6 is 0 Å². The highest BCUT2D eigenvalue weighted by atomic mass is 16.5. The van der Waals surface area contributed by atoms with E-state index in [0.717, 1.165) is 12.8 Å². The van der Waals surface area contributed by atoms with Crippen molar-refractivity contribution in [3.05, 3.63) is 0 Å². The van der Waals surface area contributed by atoms with Crippen molar-refractivity contribution in [2.75, 3.05) is 6.61 Å². The summed E-state index contributed by atoms with van der Waals surface area (Å²) in [7, 11) is 0. The van der Waals surface area contributed by atoms with Crippen LogP contribution in [-0.2, 0) is 9.53 Å². The fourth-order valence-corrected chi connectivity index (χ4v) is 1.35. The minimum Gasteiger partial charge on any atom is -0.465 e. The minimum atomic E-state index is -0.329. The van der Waals surface area contributed by atoms with Gasteiger partial charge in [0.25, 0.3) is 0 Å². The first-order valence-corrected chi connectivity index (χ1v) is 4.55. The molecule has 0 spiro atoms. The smallest absolute Gasteiger partial charge is 0.326 e. The number of hydrogen-bond acceptors (Lipinski definition) is 3. The van der Waals surface area contributed by atoms with Crippen LogP contribution in [0.25, 0.3) is 0 Å². The van der Waals surface area contributed by atoms with E-state index in [4.69, 9.17) is 4.74 Å². The second-order valence-electron chi connectivity index (χ2n) is 3.60. The SMILES string of the molecule is CCOC(=O)C1(NC(C)C)CC1. The van der Waals surface area contributed by atoms with Gasteiger partial charge in [0.1, 0.15) is 5.54 Å². The lowest BCUT2D eigenvalue weighted by Crippen LogP contribution is -2.44. The van der Waals surface area contributed by atoms with Gasteiger partial charge in [-0.25, -0.2) is 0 Å². The van der Waals surface area contributed by atoms with E-state index in [9.17, 15) is 4.79 Å². The third-order valence-electron chi connectivity index (χ3n) is 1.98. The summed E-state index contributed by atoms with van der Waals surface area (Å²) < 4.78 is 4.97. The van der Waals surface area contributed by atoms with E-state index < -0.39 is 0 Å². The van der Waals surface area contributed by atoms with Crippen LogP contribution in [0.4, 0.5) is 0 Å². The lowest BCUT2D eigenvalue weighted by Gasteiger charge is -2.18. The van der Waals surface area contributed by atoms with Crippen molar-refractivity contribution in [3.8, 4) is 0 Å². The van der Waals surface area contributed by atoms with Crippen LogP contribution < -0.4 is 5.32 Å². The highest BCUT2D eigenvalue weighted by Gasteiger charge is 2.51. The highest BCUT2D eigenvalue weighted by Crippen LogP contribution is 2.36. The molecule has 0 aromatic heterocycles. The Hall–Kier alpha value is -0.570. The molecule has 0 aromatic rings. The molecular weight excluding hydrogens is 154 g/mol. The van der Waals surface area contributed by atoms with Crippen molar-refractivity contribution >= 4 is 5.97 Å². The lowest BCUT2D eigenvalue weighted by atomic mass is 10.2. The van der Waals surface area contributed by atoms with Crippen LogP contribution in [-0.4, -0.2) is 24.2 Å². The van der Waals surface area contributed by atoms with E-state index in [1.165, 1.54) is 0 Å². The molecule has 0 atom stereocenters. The molecule has 3 nitrogen and oxygen atoms in total. The number of hydrogen-bond donors (Lipinski definition) is 1. The fourth-order valence-electron chi connectivity index (χ4n) is 1.35. The van der Waals surface area contributed by atoms with Gasteiger partial charge in [-0.3, -0.25) is 10.1 Å². The predicted molar refractivity (Wildman–Crippen MR) is 46.9 cm³/mol. The quantitative estimate of drug-likeness (QED) is 0.643. The van der Waals surface area contributed by atoms with Gasteiger partial charge >= 0.3 is 5.97 Å². The van der Waals surface area contributed by atoms with Crippen LogP contribution in [0.3, 0.4) is 0 Å². The number of rotatable bonds is 4. The van der Waals surface area contributed by atoms with Gasteiger partial charge in [-0.15, -0.1) is 0 Å². The molecule has 12 heavy (non-hydrogen) atoms. The summed E-state index contributed by atoms with van der Waals surface area (Å²) in [5.41, 5.74) is -0.329. The molecule has 0 aromatic carbocycles. The number of ether oxygens (including phenoxy) is 1. The zero-order valence-electron chi connectivity index (χ0n) is 8.02. The first-order chi connectivity index (χ1) is 5.60. The van der Waals surface area contributed by atoms with Crippen LogP contribution in [0, 0.1) is 0 Å². The standard InChI is InChI=1S/C9H17NO2/c1-4-12-8(11)9(5-6-9)10-7(2)3/h7,10H,4-6H2,1-3H3. The molecule has 1 aliphatic rings. The number of esters is 1. The van der Waals surface area contributed by atoms with Gasteiger partial charge in [-0.2, -0.15) is 0 Å². The summed E-state index contributed by atoms with van der Waals surface area (Å²) in [6.45, 7) is 6.39. The van der Waals surface area contributed by atoms with Crippen LogP contribution in [0.15, 0.2) is 0 Å². The topological polar surface area (TPSA) is 38.3 Å². The maximum absolute atomic E-state index is 11.4. The molecule has 0 heterocycles. The number of carbonyl (C=O) groups excluding carboxylic acids is 1. The first kappa shape index (κ1) is 9.52. The zero-order chi connectivity index (χ0) is 9.19. The molecule has 0 saturated heterocycles. The summed E-state index contributed by atoms with van der Waals surface area (Å²) >= 11 is 0. The average Bonchev–Trinajstić information content (AvgIpc) is 2.69. The van der Waals surface area contributed by atoms with E-state index in [1.807, 2.05) is 20.8 Å². The molecule has 0 amide bonds. The van der Waals surface area contributed by atoms with E-state index in [0.29, 0.717) is 12.6 Å². The summed E-state index contributed by atoms with van der Waals surface area (Å²) in [6.07, 6.45) is 1.84. The van der Waals surface area contributed by atoms with Crippen molar-refractivity contribution in [3.63, 3.8) is 0 Å². The summed E-state index contributed by atoms with van der Waals surface area (Å²) in [5.74, 6) is -0.0845. The molecule has 1 N–H and O–H groups in total. The van der Waals surface area contributed by atoms with E-state index in [2.05, 4.69) is 5.32 Å². The van der Waals surface area contributed by atoms with Crippen LogP contribution in [0.5, 0.6) is 0 Å². The molecule has 1 rings (SSSR count). The molecule has 0 unspecified atom stereocenters. The zero-order valence-corrected chi connectivity index (χ0v) is 8.02. The molecule has 70 valence electrons. The van der Waals surface area contributed by atoms with Crippen LogP contribution in [0.1, 0.15) is 33.6 Å². The normalized spacial score (nSPS) is 19.3. The molecule has 1 fully saturated rings. The van der Waals surface area contributed by atoms with Crippen molar-refractivity contribution in [2.24, 2.45) is 0 Å². The fraction of sp³-hybridized carbons (Fsp3) is 0.889. The van der Waals surface area contributed by atoms with Gasteiger partial charge in [-0.05, 0) is 33.6 Å². The minimum absolute atomic E-state index is 0.0845. The Labute approximate surface area is 73.5 Å². The lowest BCUT2D eigenvalue weighted by molar-refractivity contribution is -0.147. The first-order valence-electron chi connectivity index (χ1n) is 4.55. The molecular formula is C9H17NO2. The molecule has 0 aliphatic heterocycles. The second kappa shape index (κ2) is 3.44. The Morgan fingerprint density at radius 1 is 1.58 bits per heavy atom. The Kier molecular flexibility index (Phi) is 2.73. The number of nitrogens with one attached hydrogen (secondary N) is 1. The average molecular weight is 171 g/mol. The van der Waals surface area contributed by atoms with Crippen LogP contribution in [0.2, 0.25) is 0 Å². The monoisotopic (exact) mass is 171 g/mol. The Morgan fingerprint density at radius 3 is 2.50 bits per heavy atom. The Balaban J connectivity index is 2.43. The summed E-state index contributed by atoms with van der Waals surface area (Å²) in [4.78, 5) is 11.4. The highest BCUT2D eigenvalue weighted by molar-refractivity contribution is 5.84. The molecule has 1 aliphatic carbocycles. The van der Waals surface area contributed by atoms with Gasteiger partial charge < -0.3 is 4.74 Å². The van der Waals surface area contributed by atoms with Gasteiger partial charge in [-0.1, -0.05) is 0 Å². The van der Waals surface area contributed by atoms with Crippen molar-refractivity contribution in [1.82, 2.24) is 5.32 Å². The summed E-state index contributed by atoms with van der Waals surface area (Å²) in [5, 5.41) is 3.24. The molecule has 1 saturated carbocycles. The van der Waals surface area contributed by atoms with E-state index in [-0.39, 0.29) is 11.5 Å². The number of carbonyl (C=O) groups is 1. The third kappa shape index (κ3) is 1.97. The predicted octanol–water partition coefficient (Wildman–Crippen LogP) is 1.08. The molecule has 0 bridgehead atoms. The Morgan fingerprint density at radius 2 is 2.17 bits per heavy atom. The van der Waals surface area contributed by atoms with Crippen molar-refractivity contribution in [2.45, 2.75) is 45.2 Å². The molecule has 0 radical (unpaired) electrons. The molecule has 3 heteroatoms. The third-order valence-corrected chi connectivity index (χ3v) is 1.98.